The van der Waals surface area contributed by atoms with Gasteiger partial charge < -0.3 is 10.5 Å². The van der Waals surface area contributed by atoms with Gasteiger partial charge in [0, 0.05) is 5.54 Å². The number of benzene rings is 1. The van der Waals surface area contributed by atoms with Gasteiger partial charge in [0.15, 0.2) is 0 Å². The van der Waals surface area contributed by atoms with Crippen molar-refractivity contribution in [3.05, 3.63) is 28.2 Å². The predicted molar refractivity (Wildman–Crippen MR) is 76.7 cm³/mol. The van der Waals surface area contributed by atoms with Crippen molar-refractivity contribution < 1.29 is 4.74 Å². The first kappa shape index (κ1) is 12.5. The van der Waals surface area contributed by atoms with Gasteiger partial charge >= 0.3 is 0 Å². The predicted octanol–water partition coefficient (Wildman–Crippen LogP) is 4.11. The third-order valence-corrected chi connectivity index (χ3v) is 4.69. The standard InChI is InChI=1S/C15H20BrNO/c16-13-10-11(15(17)8-2-1-3-9-15)4-7-14(13)18-12-5-6-12/h4,7,10,12H,1-3,5-6,8-9,17H2. The zero-order valence-electron chi connectivity index (χ0n) is 10.6. The van der Waals surface area contributed by atoms with Gasteiger partial charge in [-0.1, -0.05) is 25.3 Å². The van der Waals surface area contributed by atoms with E-state index < -0.39 is 0 Å². The van der Waals surface area contributed by atoms with E-state index in [1.807, 2.05) is 0 Å². The van der Waals surface area contributed by atoms with E-state index >= 15 is 0 Å². The zero-order chi connectivity index (χ0) is 12.6. The summed E-state index contributed by atoms with van der Waals surface area (Å²) in [6, 6.07) is 6.37. The Hall–Kier alpha value is -0.540. The first-order chi connectivity index (χ1) is 8.67. The van der Waals surface area contributed by atoms with Crippen molar-refractivity contribution >= 4 is 15.9 Å². The van der Waals surface area contributed by atoms with Crippen molar-refractivity contribution in [1.82, 2.24) is 0 Å². The Balaban J connectivity index is 1.81. The summed E-state index contributed by atoms with van der Waals surface area (Å²) in [5.41, 5.74) is 7.67. The molecule has 3 heteroatoms. The van der Waals surface area contributed by atoms with Crippen LogP contribution >= 0.6 is 15.9 Å². The van der Waals surface area contributed by atoms with Gasteiger partial charge in [-0.2, -0.15) is 0 Å². The minimum Gasteiger partial charge on any atom is -0.489 e. The second-order valence-electron chi connectivity index (χ2n) is 5.68. The zero-order valence-corrected chi connectivity index (χ0v) is 12.2. The summed E-state index contributed by atoms with van der Waals surface area (Å²) >= 11 is 3.61. The molecule has 2 saturated carbocycles. The molecule has 2 N–H and O–H groups in total. The van der Waals surface area contributed by atoms with Crippen LogP contribution < -0.4 is 10.5 Å². The molecule has 0 heterocycles. The fourth-order valence-corrected chi connectivity index (χ4v) is 3.22. The van der Waals surface area contributed by atoms with E-state index in [0.717, 1.165) is 23.1 Å². The molecule has 2 nitrogen and oxygen atoms in total. The van der Waals surface area contributed by atoms with Crippen LogP contribution in [0.15, 0.2) is 22.7 Å². The normalized spacial score (nSPS) is 22.8. The lowest BCUT2D eigenvalue weighted by atomic mass is 9.77. The lowest BCUT2D eigenvalue weighted by Gasteiger charge is -2.34. The van der Waals surface area contributed by atoms with Crippen LogP contribution in [0.2, 0.25) is 0 Å². The van der Waals surface area contributed by atoms with Gasteiger partial charge in [-0.15, -0.1) is 0 Å². The van der Waals surface area contributed by atoms with Gasteiger partial charge in [0.1, 0.15) is 5.75 Å². The summed E-state index contributed by atoms with van der Waals surface area (Å²) in [5, 5.41) is 0. The van der Waals surface area contributed by atoms with Crippen molar-refractivity contribution in [2.45, 2.75) is 56.6 Å². The molecule has 0 atom stereocenters. The summed E-state index contributed by atoms with van der Waals surface area (Å²) in [6.07, 6.45) is 8.83. The van der Waals surface area contributed by atoms with Crippen molar-refractivity contribution in [2.75, 3.05) is 0 Å². The maximum atomic E-state index is 6.55. The smallest absolute Gasteiger partial charge is 0.133 e. The van der Waals surface area contributed by atoms with Crippen LogP contribution in [0.3, 0.4) is 0 Å². The van der Waals surface area contributed by atoms with Crippen LogP contribution in [0.4, 0.5) is 0 Å². The minimum atomic E-state index is -0.126. The summed E-state index contributed by atoms with van der Waals surface area (Å²) in [4.78, 5) is 0. The quantitative estimate of drug-likeness (QED) is 0.912. The Kier molecular flexibility index (Phi) is 3.37. The topological polar surface area (TPSA) is 35.2 Å². The molecule has 0 amide bonds. The van der Waals surface area contributed by atoms with Gasteiger partial charge in [-0.3, -0.25) is 0 Å². The Labute approximate surface area is 117 Å². The molecule has 2 aliphatic rings. The van der Waals surface area contributed by atoms with Crippen LogP contribution in [0, 0.1) is 0 Å². The molecular weight excluding hydrogens is 290 g/mol. The average molecular weight is 310 g/mol. The molecule has 0 bridgehead atoms. The van der Waals surface area contributed by atoms with E-state index in [1.165, 1.54) is 37.7 Å². The molecule has 1 aromatic carbocycles. The van der Waals surface area contributed by atoms with E-state index in [2.05, 4.69) is 34.1 Å². The molecule has 2 fully saturated rings. The molecule has 2 aliphatic carbocycles. The highest BCUT2D eigenvalue weighted by molar-refractivity contribution is 9.10. The highest BCUT2D eigenvalue weighted by Crippen LogP contribution is 2.39. The summed E-state index contributed by atoms with van der Waals surface area (Å²) in [7, 11) is 0. The van der Waals surface area contributed by atoms with Crippen molar-refractivity contribution in [3.63, 3.8) is 0 Å². The number of halogens is 1. The van der Waals surface area contributed by atoms with Crippen molar-refractivity contribution in [3.8, 4) is 5.75 Å². The average Bonchev–Trinajstić information content (AvgIpc) is 3.17. The Morgan fingerprint density at radius 1 is 1.17 bits per heavy atom. The molecule has 0 spiro atoms. The summed E-state index contributed by atoms with van der Waals surface area (Å²) in [5.74, 6) is 0.959. The lowest BCUT2D eigenvalue weighted by molar-refractivity contribution is 0.295. The highest BCUT2D eigenvalue weighted by atomic mass is 79.9. The van der Waals surface area contributed by atoms with Crippen LogP contribution in [0.1, 0.15) is 50.5 Å². The number of nitrogens with two attached hydrogens (primary N) is 1. The van der Waals surface area contributed by atoms with Gasteiger partial charge in [0.2, 0.25) is 0 Å². The number of hydrogen-bond acceptors (Lipinski definition) is 2. The maximum Gasteiger partial charge on any atom is 0.133 e. The van der Waals surface area contributed by atoms with Gasteiger partial charge in [-0.05, 0) is 59.3 Å². The van der Waals surface area contributed by atoms with E-state index in [4.69, 9.17) is 10.5 Å². The van der Waals surface area contributed by atoms with Crippen LogP contribution in [0.5, 0.6) is 5.75 Å². The molecule has 98 valence electrons. The number of rotatable bonds is 3. The Bertz CT molecular complexity index is 436. The molecule has 0 aliphatic heterocycles. The van der Waals surface area contributed by atoms with Gasteiger partial charge in [-0.25, -0.2) is 0 Å². The molecular formula is C15H20BrNO. The summed E-state index contributed by atoms with van der Waals surface area (Å²) < 4.78 is 6.89. The number of hydrogen-bond donors (Lipinski definition) is 1. The number of ether oxygens (including phenoxy) is 1. The third-order valence-electron chi connectivity index (χ3n) is 4.07. The highest BCUT2D eigenvalue weighted by Gasteiger charge is 2.30. The van der Waals surface area contributed by atoms with E-state index in [-0.39, 0.29) is 5.54 Å². The molecule has 0 aromatic heterocycles. The largest absolute Gasteiger partial charge is 0.489 e. The van der Waals surface area contributed by atoms with Crippen LogP contribution in [0.25, 0.3) is 0 Å². The van der Waals surface area contributed by atoms with Crippen molar-refractivity contribution in [1.29, 1.82) is 0 Å². The first-order valence-electron chi connectivity index (χ1n) is 6.93. The second kappa shape index (κ2) is 4.86. The Morgan fingerprint density at radius 3 is 2.50 bits per heavy atom. The molecule has 18 heavy (non-hydrogen) atoms. The maximum absolute atomic E-state index is 6.55. The molecule has 0 saturated heterocycles. The monoisotopic (exact) mass is 309 g/mol. The Morgan fingerprint density at radius 2 is 1.89 bits per heavy atom. The molecule has 0 radical (unpaired) electrons. The fourth-order valence-electron chi connectivity index (χ4n) is 2.74. The SMILES string of the molecule is NC1(c2ccc(OC3CC3)c(Br)c2)CCCCC1. The van der Waals surface area contributed by atoms with Crippen LogP contribution in [-0.4, -0.2) is 6.10 Å². The third kappa shape index (κ3) is 2.57. The fraction of sp³-hybridized carbons (Fsp3) is 0.600. The van der Waals surface area contributed by atoms with E-state index in [1.54, 1.807) is 0 Å². The molecule has 1 aromatic rings. The molecule has 0 unspecified atom stereocenters. The van der Waals surface area contributed by atoms with Crippen molar-refractivity contribution in [2.24, 2.45) is 5.73 Å². The van der Waals surface area contributed by atoms with E-state index in [9.17, 15) is 0 Å². The second-order valence-corrected chi connectivity index (χ2v) is 6.53. The van der Waals surface area contributed by atoms with E-state index in [0.29, 0.717) is 6.10 Å². The van der Waals surface area contributed by atoms with Crippen LogP contribution in [-0.2, 0) is 5.54 Å². The van der Waals surface area contributed by atoms with Gasteiger partial charge in [0.05, 0.1) is 10.6 Å². The minimum absolute atomic E-state index is 0.126. The first-order valence-corrected chi connectivity index (χ1v) is 7.72. The lowest BCUT2D eigenvalue weighted by Crippen LogP contribution is -2.38. The van der Waals surface area contributed by atoms with Gasteiger partial charge in [0.25, 0.3) is 0 Å². The summed E-state index contributed by atoms with van der Waals surface area (Å²) in [6.45, 7) is 0. The molecule has 3 rings (SSSR count).